The monoisotopic (exact) mass is 234 g/mol. The highest BCUT2D eigenvalue weighted by Gasteiger charge is 2.39. The third-order valence-electron chi connectivity index (χ3n) is 6.41. The topological polar surface area (TPSA) is 0 Å². The molecule has 3 aliphatic carbocycles. The molecule has 0 spiro atoms. The highest BCUT2D eigenvalue weighted by Crippen LogP contribution is 2.50. The first kappa shape index (κ1) is 12.1. The fraction of sp³-hybridized carbons (Fsp3) is 1.00. The Morgan fingerprint density at radius 1 is 0.647 bits per heavy atom. The lowest BCUT2D eigenvalue weighted by molar-refractivity contribution is 0.191. The summed E-state index contributed by atoms with van der Waals surface area (Å²) in [5.74, 6) is 5.51. The SMILES string of the molecule is CC(C1CCCCC1)C1CC2CCCCC2C1. The van der Waals surface area contributed by atoms with Crippen molar-refractivity contribution < 1.29 is 0 Å². The van der Waals surface area contributed by atoms with Crippen LogP contribution in [0.2, 0.25) is 0 Å². The first-order valence-corrected chi connectivity index (χ1v) is 8.34. The Bertz CT molecular complexity index is 224. The molecule has 0 N–H and O–H groups in total. The summed E-state index contributed by atoms with van der Waals surface area (Å²) in [5, 5.41) is 0. The van der Waals surface area contributed by atoms with Crippen molar-refractivity contribution in [3.63, 3.8) is 0 Å². The molecule has 0 aromatic carbocycles. The molecule has 0 nitrogen and oxygen atoms in total. The van der Waals surface area contributed by atoms with Gasteiger partial charge in [-0.15, -0.1) is 0 Å². The molecule has 3 aliphatic rings. The number of fused-ring (bicyclic) bond motifs is 1. The van der Waals surface area contributed by atoms with Gasteiger partial charge in [0.15, 0.2) is 0 Å². The number of hydrogen-bond acceptors (Lipinski definition) is 0. The lowest BCUT2D eigenvalue weighted by Crippen LogP contribution is -2.21. The first-order valence-electron chi connectivity index (χ1n) is 8.34. The predicted octanol–water partition coefficient (Wildman–Crippen LogP) is 5.42. The Morgan fingerprint density at radius 2 is 1.18 bits per heavy atom. The molecule has 0 bridgehead atoms. The van der Waals surface area contributed by atoms with Crippen LogP contribution in [-0.2, 0) is 0 Å². The number of hydrogen-bond donors (Lipinski definition) is 0. The van der Waals surface area contributed by atoms with Crippen molar-refractivity contribution in [2.24, 2.45) is 29.6 Å². The molecule has 0 aliphatic heterocycles. The highest BCUT2D eigenvalue weighted by molar-refractivity contribution is 4.90. The zero-order valence-corrected chi connectivity index (χ0v) is 11.7. The van der Waals surface area contributed by atoms with Crippen molar-refractivity contribution in [2.45, 2.75) is 77.6 Å². The van der Waals surface area contributed by atoms with E-state index in [0.29, 0.717) is 0 Å². The van der Waals surface area contributed by atoms with Crippen LogP contribution in [0, 0.1) is 29.6 Å². The van der Waals surface area contributed by atoms with Gasteiger partial charge in [0.1, 0.15) is 0 Å². The van der Waals surface area contributed by atoms with Crippen LogP contribution < -0.4 is 0 Å². The molecule has 0 aromatic heterocycles. The Balaban J connectivity index is 1.57. The van der Waals surface area contributed by atoms with Gasteiger partial charge >= 0.3 is 0 Å². The summed E-state index contributed by atoms with van der Waals surface area (Å²) in [6.07, 6.45) is 17.1. The van der Waals surface area contributed by atoms with E-state index < -0.39 is 0 Å². The van der Waals surface area contributed by atoms with Gasteiger partial charge < -0.3 is 0 Å². The summed E-state index contributed by atoms with van der Waals surface area (Å²) in [7, 11) is 0. The molecule has 3 saturated carbocycles. The van der Waals surface area contributed by atoms with E-state index in [1.54, 1.807) is 38.5 Å². The van der Waals surface area contributed by atoms with Crippen LogP contribution in [0.5, 0.6) is 0 Å². The summed E-state index contributed by atoms with van der Waals surface area (Å²) in [6, 6.07) is 0. The first-order chi connectivity index (χ1) is 8.34. The molecule has 17 heavy (non-hydrogen) atoms. The second-order valence-corrected chi connectivity index (χ2v) is 7.29. The van der Waals surface area contributed by atoms with Crippen LogP contribution in [0.15, 0.2) is 0 Å². The van der Waals surface area contributed by atoms with Gasteiger partial charge in [-0.1, -0.05) is 64.7 Å². The summed E-state index contributed by atoms with van der Waals surface area (Å²) >= 11 is 0. The Hall–Kier alpha value is 0. The van der Waals surface area contributed by atoms with Gasteiger partial charge in [-0.3, -0.25) is 0 Å². The fourth-order valence-electron chi connectivity index (χ4n) is 5.25. The van der Waals surface area contributed by atoms with Crippen LogP contribution >= 0.6 is 0 Å². The van der Waals surface area contributed by atoms with Gasteiger partial charge in [-0.05, 0) is 42.4 Å². The van der Waals surface area contributed by atoms with Gasteiger partial charge in [0.25, 0.3) is 0 Å². The maximum absolute atomic E-state index is 2.60. The molecule has 3 unspecified atom stereocenters. The average Bonchev–Trinajstić information content (AvgIpc) is 2.82. The van der Waals surface area contributed by atoms with E-state index >= 15 is 0 Å². The van der Waals surface area contributed by atoms with Gasteiger partial charge in [0.2, 0.25) is 0 Å². The van der Waals surface area contributed by atoms with Crippen LogP contribution in [-0.4, -0.2) is 0 Å². The van der Waals surface area contributed by atoms with Crippen LogP contribution in [0.3, 0.4) is 0 Å². The molecule has 3 rings (SSSR count). The van der Waals surface area contributed by atoms with Crippen LogP contribution in [0.4, 0.5) is 0 Å². The standard InChI is InChI=1S/C17H30/c1-13(14-7-3-2-4-8-14)17-11-15-9-5-6-10-16(15)12-17/h13-17H,2-12H2,1H3. The molecular weight excluding hydrogens is 204 g/mol. The van der Waals surface area contributed by atoms with Gasteiger partial charge in [-0.25, -0.2) is 0 Å². The minimum absolute atomic E-state index is 1.04. The van der Waals surface area contributed by atoms with E-state index in [0.717, 1.165) is 29.6 Å². The third kappa shape index (κ3) is 2.56. The molecule has 0 aromatic rings. The second kappa shape index (κ2) is 5.33. The molecule has 3 atom stereocenters. The summed E-state index contributed by atoms with van der Waals surface area (Å²) < 4.78 is 0. The summed E-state index contributed by atoms with van der Waals surface area (Å²) in [5.41, 5.74) is 0. The molecule has 98 valence electrons. The highest BCUT2D eigenvalue weighted by atomic mass is 14.4. The third-order valence-corrected chi connectivity index (χ3v) is 6.41. The van der Waals surface area contributed by atoms with Crippen molar-refractivity contribution >= 4 is 0 Å². The quantitative estimate of drug-likeness (QED) is 0.598. The number of rotatable bonds is 2. The molecule has 0 heteroatoms. The van der Waals surface area contributed by atoms with Crippen LogP contribution in [0.1, 0.15) is 77.6 Å². The Labute approximate surface area is 108 Å². The average molecular weight is 234 g/mol. The smallest absolute Gasteiger partial charge is 0.0380 e. The second-order valence-electron chi connectivity index (χ2n) is 7.29. The van der Waals surface area contributed by atoms with Gasteiger partial charge in [-0.2, -0.15) is 0 Å². The minimum atomic E-state index is 1.04. The zero-order valence-electron chi connectivity index (χ0n) is 11.7. The van der Waals surface area contributed by atoms with Crippen molar-refractivity contribution in [2.75, 3.05) is 0 Å². The summed E-state index contributed by atoms with van der Waals surface area (Å²) in [6.45, 7) is 2.60. The van der Waals surface area contributed by atoms with E-state index in [-0.39, 0.29) is 0 Å². The van der Waals surface area contributed by atoms with E-state index in [1.165, 1.54) is 32.1 Å². The van der Waals surface area contributed by atoms with E-state index in [1.807, 2.05) is 0 Å². The van der Waals surface area contributed by atoms with Crippen molar-refractivity contribution in [1.29, 1.82) is 0 Å². The van der Waals surface area contributed by atoms with E-state index in [4.69, 9.17) is 0 Å². The van der Waals surface area contributed by atoms with Gasteiger partial charge in [0.05, 0.1) is 0 Å². The Morgan fingerprint density at radius 3 is 1.76 bits per heavy atom. The lowest BCUT2D eigenvalue weighted by atomic mass is 9.74. The lowest BCUT2D eigenvalue weighted by Gasteiger charge is -2.31. The van der Waals surface area contributed by atoms with E-state index in [2.05, 4.69) is 6.92 Å². The predicted molar refractivity (Wildman–Crippen MR) is 73.9 cm³/mol. The molecule has 0 saturated heterocycles. The maximum atomic E-state index is 2.60. The minimum Gasteiger partial charge on any atom is -0.0620 e. The van der Waals surface area contributed by atoms with Crippen molar-refractivity contribution in [3.05, 3.63) is 0 Å². The normalized spacial score (nSPS) is 41.1. The molecular formula is C17H30. The van der Waals surface area contributed by atoms with Gasteiger partial charge in [0, 0.05) is 0 Å². The maximum Gasteiger partial charge on any atom is -0.0380 e. The van der Waals surface area contributed by atoms with Crippen LogP contribution in [0.25, 0.3) is 0 Å². The van der Waals surface area contributed by atoms with E-state index in [9.17, 15) is 0 Å². The fourth-order valence-corrected chi connectivity index (χ4v) is 5.25. The summed E-state index contributed by atoms with van der Waals surface area (Å²) in [4.78, 5) is 0. The zero-order chi connectivity index (χ0) is 11.7. The molecule has 0 heterocycles. The molecule has 0 radical (unpaired) electrons. The molecule has 0 amide bonds. The largest absolute Gasteiger partial charge is 0.0620 e. The molecule has 3 fully saturated rings. The van der Waals surface area contributed by atoms with Crippen molar-refractivity contribution in [1.82, 2.24) is 0 Å². The van der Waals surface area contributed by atoms with Crippen molar-refractivity contribution in [3.8, 4) is 0 Å². The Kier molecular flexibility index (Phi) is 3.78.